The molecule has 5 heteroatoms. The van der Waals surface area contributed by atoms with Gasteiger partial charge in [-0.2, -0.15) is 0 Å². The number of hydrogen-bond donors (Lipinski definition) is 2. The number of anilines is 1. The predicted molar refractivity (Wildman–Crippen MR) is 82.1 cm³/mol. The molecule has 1 heterocycles. The van der Waals surface area contributed by atoms with Crippen molar-refractivity contribution in [1.29, 1.82) is 0 Å². The number of rotatable bonds is 3. The zero-order valence-corrected chi connectivity index (χ0v) is 12.5. The fourth-order valence-electron chi connectivity index (χ4n) is 2.41. The molecule has 0 spiro atoms. The van der Waals surface area contributed by atoms with Crippen molar-refractivity contribution in [2.45, 2.75) is 12.8 Å². The van der Waals surface area contributed by atoms with Gasteiger partial charge in [0.05, 0.1) is 0 Å². The second-order valence-electron chi connectivity index (χ2n) is 4.66. The molecular formula is C13H17BrN2OS. The summed E-state index contributed by atoms with van der Waals surface area (Å²) in [6.45, 7) is 2.11. The Labute approximate surface area is 121 Å². The van der Waals surface area contributed by atoms with Gasteiger partial charge in [-0.1, -0.05) is 28.1 Å². The van der Waals surface area contributed by atoms with Gasteiger partial charge in [0.2, 0.25) is 0 Å². The van der Waals surface area contributed by atoms with Crippen LogP contribution in [0.5, 0.6) is 0 Å². The summed E-state index contributed by atoms with van der Waals surface area (Å²) in [4.78, 5) is 2.68. The van der Waals surface area contributed by atoms with E-state index in [9.17, 15) is 5.11 Å². The molecule has 1 atom stereocenters. The van der Waals surface area contributed by atoms with Crippen molar-refractivity contribution in [3.8, 4) is 0 Å². The smallest absolute Gasteiger partial charge is 0.106 e. The minimum atomic E-state index is 0.245. The van der Waals surface area contributed by atoms with Crippen molar-refractivity contribution in [2.75, 3.05) is 24.6 Å². The monoisotopic (exact) mass is 328 g/mol. The van der Waals surface area contributed by atoms with Crippen LogP contribution in [0.15, 0.2) is 22.7 Å². The molecule has 0 bridgehead atoms. The Morgan fingerprint density at radius 3 is 3.00 bits per heavy atom. The standard InChI is InChI=1S/C13H17BrN2OS/c14-10-3-4-12(11(6-10)13(15)18)16-5-1-2-9(7-16)8-17/h3-4,6,9,17H,1-2,5,7-8H2,(H2,15,18). The topological polar surface area (TPSA) is 49.5 Å². The van der Waals surface area contributed by atoms with E-state index in [0.717, 1.165) is 41.7 Å². The molecule has 0 radical (unpaired) electrons. The zero-order chi connectivity index (χ0) is 13.1. The molecule has 2 rings (SSSR count). The van der Waals surface area contributed by atoms with Gasteiger partial charge < -0.3 is 15.7 Å². The number of piperidine rings is 1. The highest BCUT2D eigenvalue weighted by Gasteiger charge is 2.21. The number of thiocarbonyl (C=S) groups is 1. The summed E-state index contributed by atoms with van der Waals surface area (Å²) >= 11 is 8.56. The van der Waals surface area contributed by atoms with Crippen molar-refractivity contribution in [1.82, 2.24) is 0 Å². The van der Waals surface area contributed by atoms with Crippen LogP contribution >= 0.6 is 28.1 Å². The van der Waals surface area contributed by atoms with E-state index in [2.05, 4.69) is 20.8 Å². The first-order valence-corrected chi connectivity index (χ1v) is 7.27. The van der Waals surface area contributed by atoms with Gasteiger partial charge in [-0.05, 0) is 37.0 Å². The Morgan fingerprint density at radius 1 is 1.56 bits per heavy atom. The first-order chi connectivity index (χ1) is 8.61. The van der Waals surface area contributed by atoms with Crippen LogP contribution in [-0.4, -0.2) is 29.8 Å². The molecule has 0 amide bonds. The normalized spacial score (nSPS) is 19.9. The molecule has 1 aliphatic rings. The second kappa shape index (κ2) is 5.99. The molecule has 1 aromatic carbocycles. The van der Waals surface area contributed by atoms with Gasteiger partial charge in [-0.15, -0.1) is 0 Å². The molecule has 3 N–H and O–H groups in total. The Bertz CT molecular complexity index is 453. The maximum absolute atomic E-state index is 9.29. The van der Waals surface area contributed by atoms with Gasteiger partial charge in [0.1, 0.15) is 4.99 Å². The van der Waals surface area contributed by atoms with Gasteiger partial charge in [-0.3, -0.25) is 0 Å². The second-order valence-corrected chi connectivity index (χ2v) is 6.02. The first-order valence-electron chi connectivity index (χ1n) is 6.07. The molecule has 1 fully saturated rings. The molecule has 0 aliphatic carbocycles. The lowest BCUT2D eigenvalue weighted by Crippen LogP contribution is -2.37. The van der Waals surface area contributed by atoms with E-state index in [4.69, 9.17) is 18.0 Å². The lowest BCUT2D eigenvalue weighted by molar-refractivity contribution is 0.208. The summed E-state index contributed by atoms with van der Waals surface area (Å²) in [6.07, 6.45) is 2.18. The number of aliphatic hydroxyl groups is 1. The third-order valence-corrected chi connectivity index (χ3v) is 4.06. The predicted octanol–water partition coefficient (Wildman–Crippen LogP) is 2.29. The number of hydrogen-bond acceptors (Lipinski definition) is 3. The highest BCUT2D eigenvalue weighted by atomic mass is 79.9. The minimum absolute atomic E-state index is 0.245. The Morgan fingerprint density at radius 2 is 2.33 bits per heavy atom. The average Bonchev–Trinajstić information content (AvgIpc) is 2.38. The van der Waals surface area contributed by atoms with E-state index in [1.165, 1.54) is 0 Å². The highest BCUT2D eigenvalue weighted by Crippen LogP contribution is 2.28. The van der Waals surface area contributed by atoms with Crippen LogP contribution in [0.25, 0.3) is 0 Å². The third-order valence-electron chi connectivity index (χ3n) is 3.34. The van der Waals surface area contributed by atoms with E-state index in [1.807, 2.05) is 18.2 Å². The van der Waals surface area contributed by atoms with Crippen molar-refractivity contribution >= 4 is 38.8 Å². The molecule has 18 heavy (non-hydrogen) atoms. The molecule has 0 aromatic heterocycles. The molecular weight excluding hydrogens is 312 g/mol. The molecule has 98 valence electrons. The Hall–Kier alpha value is -0.650. The number of nitrogens with zero attached hydrogens (tertiary/aromatic N) is 1. The fraction of sp³-hybridized carbons (Fsp3) is 0.462. The van der Waals surface area contributed by atoms with E-state index in [1.54, 1.807) is 0 Å². The van der Waals surface area contributed by atoms with Crippen LogP contribution < -0.4 is 10.6 Å². The molecule has 0 saturated carbocycles. The van der Waals surface area contributed by atoms with Crippen molar-refractivity contribution in [2.24, 2.45) is 11.7 Å². The Kier molecular flexibility index (Phi) is 4.59. The van der Waals surface area contributed by atoms with Gasteiger partial charge in [0, 0.05) is 35.4 Å². The zero-order valence-electron chi connectivity index (χ0n) is 10.1. The van der Waals surface area contributed by atoms with E-state index < -0.39 is 0 Å². The first kappa shape index (κ1) is 13.8. The van der Waals surface area contributed by atoms with Crippen LogP contribution in [0.2, 0.25) is 0 Å². The van der Waals surface area contributed by atoms with Crippen LogP contribution in [-0.2, 0) is 0 Å². The summed E-state index contributed by atoms with van der Waals surface area (Å²) in [5, 5.41) is 9.29. The summed E-state index contributed by atoms with van der Waals surface area (Å²) in [7, 11) is 0. The van der Waals surface area contributed by atoms with Crippen molar-refractivity contribution in [3.63, 3.8) is 0 Å². The van der Waals surface area contributed by atoms with E-state index >= 15 is 0 Å². The quantitative estimate of drug-likeness (QED) is 0.836. The van der Waals surface area contributed by atoms with E-state index in [-0.39, 0.29) is 6.61 Å². The largest absolute Gasteiger partial charge is 0.396 e. The van der Waals surface area contributed by atoms with Gasteiger partial charge in [0.15, 0.2) is 0 Å². The number of halogens is 1. The van der Waals surface area contributed by atoms with E-state index in [0.29, 0.717) is 10.9 Å². The number of benzene rings is 1. The molecule has 1 aliphatic heterocycles. The lowest BCUT2D eigenvalue weighted by Gasteiger charge is -2.34. The maximum Gasteiger partial charge on any atom is 0.106 e. The number of aliphatic hydroxyl groups excluding tert-OH is 1. The van der Waals surface area contributed by atoms with Crippen LogP contribution in [0, 0.1) is 5.92 Å². The third kappa shape index (κ3) is 3.02. The molecule has 3 nitrogen and oxygen atoms in total. The van der Waals surface area contributed by atoms with Gasteiger partial charge in [-0.25, -0.2) is 0 Å². The van der Waals surface area contributed by atoms with Crippen molar-refractivity contribution in [3.05, 3.63) is 28.2 Å². The molecule has 1 aromatic rings. The Balaban J connectivity index is 2.29. The average molecular weight is 329 g/mol. The minimum Gasteiger partial charge on any atom is -0.396 e. The lowest BCUT2D eigenvalue weighted by atomic mass is 9.97. The van der Waals surface area contributed by atoms with Crippen LogP contribution in [0.3, 0.4) is 0 Å². The summed E-state index contributed by atoms with van der Waals surface area (Å²) in [5.41, 5.74) is 7.77. The van der Waals surface area contributed by atoms with Crippen molar-refractivity contribution < 1.29 is 5.11 Å². The van der Waals surface area contributed by atoms with Crippen LogP contribution in [0.1, 0.15) is 18.4 Å². The number of nitrogens with two attached hydrogens (primary N) is 1. The summed E-state index contributed by atoms with van der Waals surface area (Å²) in [5.74, 6) is 0.349. The molecule has 1 saturated heterocycles. The maximum atomic E-state index is 9.29. The van der Waals surface area contributed by atoms with Crippen LogP contribution in [0.4, 0.5) is 5.69 Å². The van der Waals surface area contributed by atoms with Gasteiger partial charge >= 0.3 is 0 Å². The SMILES string of the molecule is NC(=S)c1cc(Br)ccc1N1CCCC(CO)C1. The van der Waals surface area contributed by atoms with Gasteiger partial charge in [0.25, 0.3) is 0 Å². The fourth-order valence-corrected chi connectivity index (χ4v) is 2.94. The molecule has 1 unspecified atom stereocenters. The summed E-state index contributed by atoms with van der Waals surface area (Å²) < 4.78 is 0.977. The summed E-state index contributed by atoms with van der Waals surface area (Å²) in [6, 6.07) is 6.00. The highest BCUT2D eigenvalue weighted by molar-refractivity contribution is 9.10.